The highest BCUT2D eigenvalue weighted by Gasteiger charge is 2.15. The van der Waals surface area contributed by atoms with Gasteiger partial charge in [0, 0.05) is 58.1 Å². The van der Waals surface area contributed by atoms with Gasteiger partial charge in [0.1, 0.15) is 0 Å². The van der Waals surface area contributed by atoms with Crippen LogP contribution in [0.5, 0.6) is 0 Å². The second kappa shape index (κ2) is 36.9. The van der Waals surface area contributed by atoms with Crippen molar-refractivity contribution in [3.05, 3.63) is 24.7 Å². The first-order valence-electron chi connectivity index (χ1n) is 25.4. The lowest BCUT2D eigenvalue weighted by Gasteiger charge is -2.33. The summed E-state index contributed by atoms with van der Waals surface area (Å²) in [6.45, 7) is 38.6. The molecule has 1 saturated carbocycles. The van der Waals surface area contributed by atoms with Gasteiger partial charge in [-0.1, -0.05) is 59.5 Å². The summed E-state index contributed by atoms with van der Waals surface area (Å²) < 4.78 is 5.04. The molecule has 7 aliphatic heterocycles. The Balaban J connectivity index is 0.000000352. The Kier molecular flexibility index (Phi) is 34.8. The van der Waals surface area contributed by atoms with Crippen molar-refractivity contribution in [3.63, 3.8) is 0 Å². The van der Waals surface area contributed by atoms with E-state index in [-0.39, 0.29) is 0 Å². The molecule has 7 heterocycles. The van der Waals surface area contributed by atoms with Crippen LogP contribution in [0.25, 0.3) is 0 Å². The van der Waals surface area contributed by atoms with Crippen LogP contribution in [-0.4, -0.2) is 206 Å². The Bertz CT molecular complexity index is 921. The van der Waals surface area contributed by atoms with Crippen LogP contribution in [0.3, 0.4) is 0 Å². The highest BCUT2D eigenvalue weighted by atomic mass is 16.5. The zero-order valence-electron chi connectivity index (χ0n) is 43.0. The van der Waals surface area contributed by atoms with Gasteiger partial charge in [0.2, 0.25) is 0 Å². The lowest BCUT2D eigenvalue weighted by molar-refractivity contribution is 0.105. The van der Waals surface area contributed by atoms with Gasteiger partial charge in [0.25, 0.3) is 0 Å². The summed E-state index contributed by atoms with van der Waals surface area (Å²) in [5.74, 6) is 3.82. The second-order valence-electron chi connectivity index (χ2n) is 20.1. The molecule has 1 aliphatic carbocycles. The van der Waals surface area contributed by atoms with Crippen molar-refractivity contribution in [3.8, 4) is 0 Å². The van der Waals surface area contributed by atoms with E-state index >= 15 is 0 Å². The maximum atomic E-state index is 5.04. The van der Waals surface area contributed by atoms with Crippen molar-refractivity contribution in [2.75, 3.05) is 167 Å². The fourth-order valence-corrected chi connectivity index (χ4v) is 7.80. The summed E-state index contributed by atoms with van der Waals surface area (Å²) in [7, 11) is 14.7. The number of methoxy groups -OCH3 is 1. The average Bonchev–Trinajstić information content (AvgIpc) is 4.06. The molecule has 1 N–H and O–H groups in total. The van der Waals surface area contributed by atoms with E-state index in [1.165, 1.54) is 181 Å². The largest absolute Gasteiger partial charge is 0.483 e. The van der Waals surface area contributed by atoms with E-state index in [4.69, 9.17) is 4.74 Å². The first-order valence-corrected chi connectivity index (χ1v) is 25.4. The molecule has 0 aromatic carbocycles. The van der Waals surface area contributed by atoms with E-state index in [0.717, 1.165) is 62.9 Å². The second-order valence-corrected chi connectivity index (χ2v) is 20.1. The minimum atomic E-state index is 0.790. The molecule has 8 rings (SSSR count). The molecule has 0 atom stereocenters. The van der Waals surface area contributed by atoms with Crippen LogP contribution in [0.15, 0.2) is 24.7 Å². The molecule has 10 nitrogen and oxygen atoms in total. The topological polar surface area (TPSA) is 47.2 Å². The fraction of sp³-hybridized carbons (Fsp3) is 0.922. The molecule has 8 fully saturated rings. The fourth-order valence-electron chi connectivity index (χ4n) is 7.80. The number of nitrogens with one attached hydrogen (secondary N) is 1. The number of allylic oxidation sites excluding steroid dienone is 1. The molecule has 8 aliphatic rings. The summed E-state index contributed by atoms with van der Waals surface area (Å²) in [5, 5.41) is 3.32. The first kappa shape index (κ1) is 57.6. The van der Waals surface area contributed by atoms with E-state index < -0.39 is 0 Å². The van der Waals surface area contributed by atoms with E-state index in [9.17, 15) is 0 Å². The molecule has 0 bridgehead atoms. The molecule has 0 aromatic rings. The maximum Gasteiger partial charge on any atom is 0.181 e. The van der Waals surface area contributed by atoms with Gasteiger partial charge in [0.15, 0.2) is 5.88 Å². The Labute approximate surface area is 381 Å². The quantitative estimate of drug-likeness (QED) is 0.282. The van der Waals surface area contributed by atoms with Gasteiger partial charge in [-0.05, 0) is 203 Å². The minimum absolute atomic E-state index is 0.790. The van der Waals surface area contributed by atoms with Crippen molar-refractivity contribution in [1.82, 2.24) is 44.5 Å². The summed E-state index contributed by atoms with van der Waals surface area (Å²) in [6, 6.07) is 0. The van der Waals surface area contributed by atoms with Crippen LogP contribution in [0.1, 0.15) is 124 Å². The lowest BCUT2D eigenvalue weighted by atomic mass is 10.00. The summed E-state index contributed by atoms with van der Waals surface area (Å²) in [5.41, 5.74) is 1.20. The molecule has 0 radical (unpaired) electrons. The normalized spacial score (nSPS) is 23.9. The van der Waals surface area contributed by atoms with Crippen molar-refractivity contribution in [2.45, 2.75) is 124 Å². The van der Waals surface area contributed by atoms with Crippen LogP contribution in [0.2, 0.25) is 0 Å². The predicted octanol–water partition coefficient (Wildman–Crippen LogP) is 8.20. The molecule has 7 saturated heterocycles. The zero-order chi connectivity index (χ0) is 45.3. The molecule has 0 aromatic heterocycles. The Hall–Kier alpha value is -1.40. The van der Waals surface area contributed by atoms with Crippen LogP contribution >= 0.6 is 0 Å². The number of rotatable bonds is 3. The number of likely N-dealkylation sites (N-methyl/N-ethyl adjacent to an activating group) is 2. The molecule has 0 amide bonds. The van der Waals surface area contributed by atoms with Crippen molar-refractivity contribution in [2.24, 2.45) is 17.8 Å². The smallest absolute Gasteiger partial charge is 0.181 e. The summed E-state index contributed by atoms with van der Waals surface area (Å²) in [4.78, 5) is 18.7. The van der Waals surface area contributed by atoms with Crippen molar-refractivity contribution < 1.29 is 4.74 Å². The third kappa shape index (κ3) is 34.7. The highest BCUT2D eigenvalue weighted by molar-refractivity contribution is 4.91. The number of likely N-dealkylation sites (tertiary alicyclic amines) is 4. The van der Waals surface area contributed by atoms with Gasteiger partial charge in [0.05, 0.1) is 7.11 Å². The molecule has 0 spiro atoms. The van der Waals surface area contributed by atoms with Crippen LogP contribution < -0.4 is 5.32 Å². The van der Waals surface area contributed by atoms with Crippen LogP contribution in [-0.2, 0) is 4.74 Å². The monoisotopic (exact) mass is 862 g/mol. The van der Waals surface area contributed by atoms with Gasteiger partial charge < -0.3 is 49.3 Å². The Morgan fingerprint density at radius 1 is 0.393 bits per heavy atom. The van der Waals surface area contributed by atoms with E-state index in [2.05, 4.69) is 128 Å². The Morgan fingerprint density at radius 3 is 0.918 bits per heavy atom. The first-order chi connectivity index (χ1) is 29.2. The van der Waals surface area contributed by atoms with Gasteiger partial charge in [-0.3, -0.25) is 0 Å². The Morgan fingerprint density at radius 2 is 0.689 bits per heavy atom. The maximum absolute atomic E-state index is 5.04. The minimum Gasteiger partial charge on any atom is -0.483 e. The third-order valence-corrected chi connectivity index (χ3v) is 13.4. The number of nitrogens with zero attached hydrogens (tertiary/aromatic N) is 8. The summed E-state index contributed by atoms with van der Waals surface area (Å²) >= 11 is 0. The van der Waals surface area contributed by atoms with Crippen molar-refractivity contribution in [1.29, 1.82) is 0 Å². The lowest BCUT2D eigenvalue weighted by Crippen LogP contribution is -2.43. The third-order valence-electron chi connectivity index (χ3n) is 13.4. The highest BCUT2D eigenvalue weighted by Crippen LogP contribution is 2.26. The molecule has 61 heavy (non-hydrogen) atoms. The summed E-state index contributed by atoms with van der Waals surface area (Å²) in [6.07, 6.45) is 21.3. The standard InChI is InChI=1S/C8H16N2O.C8H16N2.C7H15N.4C6H13N.C4H8/c1-8(11-3)10-6-4-9(2)5-7-10;1-8(2)10-6-4-9(3)5-7-10;1-7-3-5-8(2)6-4-7;1-6-2-4-7-5-3-6;3*1-7-5-3-2-4-6-7;1-4-2-3-4/h1,4-7H2,2-3H3;1,4-7H2,2-3H3;7H,3-6H2,1-2H3;6-7H,2-5H2,1H3;3*2-6H2,1H3;4H,2-3H2,1H3. The van der Waals surface area contributed by atoms with Crippen molar-refractivity contribution >= 4 is 0 Å². The van der Waals surface area contributed by atoms with Crippen LogP contribution in [0, 0.1) is 17.8 Å². The van der Waals surface area contributed by atoms with E-state index in [0.29, 0.717) is 0 Å². The molecular formula is C51H107N9O. The molecular weight excluding hydrogens is 755 g/mol. The van der Waals surface area contributed by atoms with E-state index in [1.54, 1.807) is 7.11 Å². The number of hydrogen-bond acceptors (Lipinski definition) is 10. The molecule has 0 unspecified atom stereocenters. The number of piperazine rings is 2. The molecule has 362 valence electrons. The van der Waals surface area contributed by atoms with Crippen LogP contribution in [0.4, 0.5) is 0 Å². The van der Waals surface area contributed by atoms with Gasteiger partial charge in [-0.2, -0.15) is 0 Å². The molecule has 10 heteroatoms. The number of hydrogen-bond donors (Lipinski definition) is 1. The van der Waals surface area contributed by atoms with Gasteiger partial charge >= 0.3 is 0 Å². The zero-order valence-corrected chi connectivity index (χ0v) is 43.0. The number of piperidine rings is 5. The number of ether oxygens (including phenoxy) is 1. The average molecular weight is 862 g/mol. The van der Waals surface area contributed by atoms with Gasteiger partial charge in [-0.15, -0.1) is 0 Å². The predicted molar refractivity (Wildman–Crippen MR) is 269 cm³/mol. The van der Waals surface area contributed by atoms with Gasteiger partial charge in [-0.25, -0.2) is 0 Å². The SMILES string of the molecule is C=C(C)N1CCN(C)CC1.C=C(OC)N1CCN(C)CC1.CC1CC1.CC1CCN(C)CC1.CC1CCNCC1.CN1CCCCC1.CN1CCCCC1.CN1CCCCC1. The van der Waals surface area contributed by atoms with E-state index in [1.807, 2.05) is 0 Å².